The second kappa shape index (κ2) is 12.4. The molecule has 2 saturated carbocycles. The molecule has 8 heteroatoms. The summed E-state index contributed by atoms with van der Waals surface area (Å²) in [5, 5.41) is 0. The molecule has 2 aliphatic carbocycles. The van der Waals surface area contributed by atoms with E-state index in [4.69, 9.17) is 18.9 Å². The van der Waals surface area contributed by atoms with Gasteiger partial charge in [0.2, 0.25) is 0 Å². The van der Waals surface area contributed by atoms with Gasteiger partial charge in [-0.2, -0.15) is 0 Å². The van der Waals surface area contributed by atoms with Crippen LogP contribution in [0.25, 0.3) is 0 Å². The smallest absolute Gasteiger partial charge is 0.310 e. The lowest BCUT2D eigenvalue weighted by atomic mass is 9.63. The molecule has 8 nitrogen and oxygen atoms in total. The monoisotopic (exact) mass is 566 g/mol. The molecule has 0 N–H and O–H groups in total. The number of esters is 4. The fraction of sp³-hybridized carbons (Fsp3) is 0.875. The Labute approximate surface area is 241 Å². The van der Waals surface area contributed by atoms with Crippen molar-refractivity contribution in [3.8, 4) is 0 Å². The molecule has 0 saturated heterocycles. The minimum atomic E-state index is -0.685. The summed E-state index contributed by atoms with van der Waals surface area (Å²) in [6.07, 6.45) is 3.42. The van der Waals surface area contributed by atoms with Crippen molar-refractivity contribution in [2.75, 3.05) is 0 Å². The predicted octanol–water partition coefficient (Wildman–Crippen LogP) is 6.42. The molecule has 0 aromatic carbocycles. The second-order valence-electron chi connectivity index (χ2n) is 15.7. The largest absolute Gasteiger partial charge is 0.460 e. The summed E-state index contributed by atoms with van der Waals surface area (Å²) in [7, 11) is 0. The molecule has 6 unspecified atom stereocenters. The third-order valence-corrected chi connectivity index (χ3v) is 7.29. The van der Waals surface area contributed by atoms with E-state index in [-0.39, 0.29) is 35.7 Å². The van der Waals surface area contributed by atoms with Gasteiger partial charge in [0.1, 0.15) is 22.4 Å². The molecule has 0 radical (unpaired) electrons. The Morgan fingerprint density at radius 3 is 0.850 bits per heavy atom. The highest BCUT2D eigenvalue weighted by molar-refractivity contribution is 5.83. The maximum absolute atomic E-state index is 13.4. The highest BCUT2D eigenvalue weighted by Crippen LogP contribution is 2.47. The lowest BCUT2D eigenvalue weighted by Gasteiger charge is -2.43. The molecule has 0 aromatic heterocycles. The highest BCUT2D eigenvalue weighted by atomic mass is 16.6. The zero-order valence-electron chi connectivity index (χ0n) is 27.0. The molecule has 2 aliphatic rings. The van der Waals surface area contributed by atoms with E-state index < -0.39 is 46.1 Å². The Morgan fingerprint density at radius 2 is 0.625 bits per heavy atom. The maximum atomic E-state index is 13.4. The van der Waals surface area contributed by atoms with Crippen LogP contribution in [0, 0.1) is 35.5 Å². The molecule has 0 heterocycles. The quantitative estimate of drug-likeness (QED) is 0.277. The first-order valence-corrected chi connectivity index (χ1v) is 14.9. The Hall–Kier alpha value is -2.12. The zero-order valence-corrected chi connectivity index (χ0v) is 27.0. The second-order valence-corrected chi connectivity index (χ2v) is 15.7. The summed E-state index contributed by atoms with van der Waals surface area (Å²) < 4.78 is 22.9. The van der Waals surface area contributed by atoms with Gasteiger partial charge < -0.3 is 18.9 Å². The van der Waals surface area contributed by atoms with Crippen molar-refractivity contribution in [1.82, 2.24) is 0 Å². The minimum Gasteiger partial charge on any atom is -0.460 e. The van der Waals surface area contributed by atoms with Crippen molar-refractivity contribution in [2.45, 2.75) is 144 Å². The Bertz CT molecular complexity index is 849. The van der Waals surface area contributed by atoms with Crippen molar-refractivity contribution >= 4 is 23.9 Å². The highest BCUT2D eigenvalue weighted by Gasteiger charge is 2.49. The van der Waals surface area contributed by atoms with Gasteiger partial charge in [-0.05, 0) is 133 Å². The van der Waals surface area contributed by atoms with Gasteiger partial charge >= 0.3 is 23.9 Å². The van der Waals surface area contributed by atoms with Gasteiger partial charge in [0.15, 0.2) is 0 Å². The fourth-order valence-corrected chi connectivity index (χ4v) is 5.86. The van der Waals surface area contributed by atoms with Crippen molar-refractivity contribution in [3.05, 3.63) is 0 Å². The lowest BCUT2D eigenvalue weighted by Crippen LogP contribution is -2.45. The van der Waals surface area contributed by atoms with E-state index >= 15 is 0 Å². The van der Waals surface area contributed by atoms with Crippen LogP contribution in [0.1, 0.15) is 122 Å². The number of hydrogen-bond donors (Lipinski definition) is 0. The number of carbonyl (C=O) groups is 4. The van der Waals surface area contributed by atoms with Crippen LogP contribution in [0.3, 0.4) is 0 Å². The molecule has 6 atom stereocenters. The average Bonchev–Trinajstić information content (AvgIpc) is 2.73. The average molecular weight is 567 g/mol. The predicted molar refractivity (Wildman–Crippen MR) is 152 cm³/mol. The molecule has 230 valence electrons. The summed E-state index contributed by atoms with van der Waals surface area (Å²) in [6, 6.07) is 0. The molecule has 0 spiro atoms. The molecular weight excluding hydrogens is 512 g/mol. The van der Waals surface area contributed by atoms with Crippen LogP contribution in [0.15, 0.2) is 0 Å². The van der Waals surface area contributed by atoms with Crippen LogP contribution in [0.5, 0.6) is 0 Å². The van der Waals surface area contributed by atoms with Gasteiger partial charge in [-0.3, -0.25) is 19.2 Å². The van der Waals surface area contributed by atoms with Gasteiger partial charge in [-0.1, -0.05) is 0 Å². The molecule has 0 bridgehead atoms. The third kappa shape index (κ3) is 10.7. The van der Waals surface area contributed by atoms with Crippen LogP contribution in [0.4, 0.5) is 0 Å². The van der Waals surface area contributed by atoms with Gasteiger partial charge in [0, 0.05) is 0 Å². The van der Waals surface area contributed by atoms with Crippen LogP contribution >= 0.6 is 0 Å². The number of hydrogen-bond acceptors (Lipinski definition) is 8. The van der Waals surface area contributed by atoms with E-state index in [9.17, 15) is 19.2 Å². The Balaban J connectivity index is 2.30. The molecule has 0 aromatic rings. The normalized spacial score (nSPS) is 28.3. The van der Waals surface area contributed by atoms with Crippen LogP contribution in [-0.2, 0) is 38.1 Å². The van der Waals surface area contributed by atoms with Gasteiger partial charge in [0.05, 0.1) is 23.7 Å². The molecule has 2 rings (SSSR count). The Morgan fingerprint density at radius 1 is 0.400 bits per heavy atom. The van der Waals surface area contributed by atoms with Gasteiger partial charge in [0.25, 0.3) is 0 Å². The number of rotatable bonds is 5. The molecule has 0 aliphatic heterocycles. The van der Waals surface area contributed by atoms with Gasteiger partial charge in [-0.15, -0.1) is 0 Å². The van der Waals surface area contributed by atoms with Crippen molar-refractivity contribution in [2.24, 2.45) is 35.5 Å². The molecule has 2 fully saturated rings. The molecule has 40 heavy (non-hydrogen) atoms. The van der Waals surface area contributed by atoms with E-state index in [2.05, 4.69) is 0 Å². The van der Waals surface area contributed by atoms with E-state index in [0.717, 1.165) is 12.8 Å². The summed E-state index contributed by atoms with van der Waals surface area (Å²) in [5.74, 6) is -3.74. The first-order chi connectivity index (χ1) is 18.0. The number of ether oxygens (including phenoxy) is 4. The fourth-order valence-electron chi connectivity index (χ4n) is 5.86. The van der Waals surface area contributed by atoms with Crippen molar-refractivity contribution in [3.63, 3.8) is 0 Å². The third-order valence-electron chi connectivity index (χ3n) is 7.29. The number of carbonyl (C=O) groups excluding carboxylic acids is 4. The summed E-state index contributed by atoms with van der Waals surface area (Å²) in [6.45, 7) is 21.8. The summed E-state index contributed by atoms with van der Waals surface area (Å²) >= 11 is 0. The Kier molecular flexibility index (Phi) is 10.6. The van der Waals surface area contributed by atoms with Crippen LogP contribution in [0.2, 0.25) is 0 Å². The summed E-state index contributed by atoms with van der Waals surface area (Å²) in [5.41, 5.74) is -2.69. The van der Waals surface area contributed by atoms with Crippen molar-refractivity contribution < 1.29 is 38.1 Å². The first kappa shape index (κ1) is 34.1. The SMILES string of the molecule is CC(C)(C)OC(=O)C1CCC(C2CCC(C(=O)OC(C)(C)C)C(C(=O)OC(C)(C)C)C2)CC1C(=O)OC(C)(C)C. The lowest BCUT2D eigenvalue weighted by molar-refractivity contribution is -0.179. The van der Waals surface area contributed by atoms with Gasteiger partial charge in [-0.25, -0.2) is 0 Å². The zero-order chi connectivity index (χ0) is 30.8. The maximum Gasteiger partial charge on any atom is 0.310 e. The standard InChI is InChI=1S/C32H54O8/c1-29(2,3)37-25(33)21-15-13-19(17-23(21)27(35)39-31(7,8)9)20-14-16-22(26(34)38-30(4,5)6)24(18-20)28(36)40-32(10,11)12/h19-24H,13-18H2,1-12H3. The van der Waals surface area contributed by atoms with E-state index in [1.54, 1.807) is 0 Å². The van der Waals surface area contributed by atoms with Crippen molar-refractivity contribution in [1.29, 1.82) is 0 Å². The van der Waals surface area contributed by atoms with E-state index in [0.29, 0.717) is 25.7 Å². The van der Waals surface area contributed by atoms with Crippen LogP contribution in [-0.4, -0.2) is 46.3 Å². The minimum absolute atomic E-state index is 0.0979. The van der Waals surface area contributed by atoms with E-state index in [1.807, 2.05) is 83.1 Å². The first-order valence-electron chi connectivity index (χ1n) is 14.9. The molecular formula is C32H54O8. The topological polar surface area (TPSA) is 105 Å². The summed E-state index contributed by atoms with van der Waals surface area (Å²) in [4.78, 5) is 53.0. The van der Waals surface area contributed by atoms with E-state index in [1.165, 1.54) is 0 Å². The molecule has 0 amide bonds. The van der Waals surface area contributed by atoms with Crippen LogP contribution < -0.4 is 0 Å².